The fourth-order valence-electron chi connectivity index (χ4n) is 4.31. The van der Waals surface area contributed by atoms with E-state index in [1.54, 1.807) is 4.90 Å². The van der Waals surface area contributed by atoms with Gasteiger partial charge in [-0.2, -0.15) is 0 Å². The Labute approximate surface area is 129 Å². The summed E-state index contributed by atoms with van der Waals surface area (Å²) in [5.41, 5.74) is 0.0262. The van der Waals surface area contributed by atoms with Crippen LogP contribution in [0.4, 0.5) is 0 Å². The molecule has 0 aromatic carbocycles. The van der Waals surface area contributed by atoms with E-state index in [0.29, 0.717) is 6.54 Å². The highest BCUT2D eigenvalue weighted by Crippen LogP contribution is 2.63. The van der Waals surface area contributed by atoms with Crippen molar-refractivity contribution >= 4 is 27.7 Å². The Bertz CT molecular complexity index is 414. The molecule has 3 aliphatic rings. The molecule has 0 spiro atoms. The third kappa shape index (κ3) is 2.06. The normalized spacial score (nSPS) is 34.9. The number of halogens is 1. The molecule has 0 aromatic heterocycles. The molecule has 3 rings (SSSR count). The minimum Gasteiger partial charge on any atom is -0.281 e. The molecule has 0 bridgehead atoms. The highest BCUT2D eigenvalue weighted by molar-refractivity contribution is 9.09. The number of alkyl halides is 1. The number of rotatable bonds is 3. The summed E-state index contributed by atoms with van der Waals surface area (Å²) in [6.07, 6.45) is 7.28. The van der Waals surface area contributed by atoms with Crippen molar-refractivity contribution in [2.75, 3.05) is 11.9 Å². The highest BCUT2D eigenvalue weighted by atomic mass is 79.9. The standard InChI is InChI=1S/C16H24BrNO2/c1-15(2)11-12(15)14(20)18(13(11)19)10-16(9-17)7-5-3-4-6-8-16/h11-12H,3-10H2,1-2H3. The smallest absolute Gasteiger partial charge is 0.233 e. The van der Waals surface area contributed by atoms with E-state index in [2.05, 4.69) is 15.9 Å². The molecule has 1 saturated heterocycles. The zero-order valence-electron chi connectivity index (χ0n) is 12.5. The Morgan fingerprint density at radius 3 is 2.00 bits per heavy atom. The summed E-state index contributed by atoms with van der Waals surface area (Å²) in [6, 6.07) is 0. The lowest BCUT2D eigenvalue weighted by atomic mass is 9.81. The van der Waals surface area contributed by atoms with Gasteiger partial charge in [-0.15, -0.1) is 0 Å². The fraction of sp³-hybridized carbons (Fsp3) is 0.875. The molecule has 0 radical (unpaired) electrons. The zero-order valence-corrected chi connectivity index (χ0v) is 14.0. The van der Waals surface area contributed by atoms with E-state index in [0.717, 1.165) is 18.2 Å². The van der Waals surface area contributed by atoms with Crippen LogP contribution in [0, 0.1) is 22.7 Å². The maximum absolute atomic E-state index is 12.5. The summed E-state index contributed by atoms with van der Waals surface area (Å²) in [7, 11) is 0. The molecule has 2 atom stereocenters. The largest absolute Gasteiger partial charge is 0.281 e. The van der Waals surface area contributed by atoms with Crippen LogP contribution < -0.4 is 0 Å². The molecule has 1 aliphatic heterocycles. The van der Waals surface area contributed by atoms with Gasteiger partial charge < -0.3 is 0 Å². The lowest BCUT2D eigenvalue weighted by Gasteiger charge is -2.35. The van der Waals surface area contributed by atoms with E-state index in [-0.39, 0.29) is 34.5 Å². The second-order valence-corrected chi connectivity index (χ2v) is 8.15. The Kier molecular flexibility index (Phi) is 3.51. The van der Waals surface area contributed by atoms with Crippen LogP contribution >= 0.6 is 15.9 Å². The van der Waals surface area contributed by atoms with E-state index in [1.165, 1.54) is 25.7 Å². The number of fused-ring (bicyclic) bond motifs is 1. The lowest BCUT2D eigenvalue weighted by Crippen LogP contribution is -2.45. The van der Waals surface area contributed by atoms with Crippen molar-refractivity contribution in [1.29, 1.82) is 0 Å². The van der Waals surface area contributed by atoms with Gasteiger partial charge in [0, 0.05) is 11.9 Å². The first-order valence-corrected chi connectivity index (χ1v) is 8.96. The average Bonchev–Trinajstić information content (AvgIpc) is 2.99. The van der Waals surface area contributed by atoms with Crippen LogP contribution in [-0.2, 0) is 9.59 Å². The van der Waals surface area contributed by atoms with Crippen molar-refractivity contribution in [3.05, 3.63) is 0 Å². The van der Waals surface area contributed by atoms with Gasteiger partial charge in [-0.05, 0) is 23.7 Å². The quantitative estimate of drug-likeness (QED) is 0.448. The minimum absolute atomic E-state index is 0.0341. The maximum Gasteiger partial charge on any atom is 0.233 e. The molecule has 3 nitrogen and oxygen atoms in total. The van der Waals surface area contributed by atoms with Crippen molar-refractivity contribution < 1.29 is 9.59 Å². The van der Waals surface area contributed by atoms with Crippen LogP contribution in [-0.4, -0.2) is 28.6 Å². The Balaban J connectivity index is 1.74. The summed E-state index contributed by atoms with van der Waals surface area (Å²) in [4.78, 5) is 26.6. The molecular weight excluding hydrogens is 318 g/mol. The van der Waals surface area contributed by atoms with Gasteiger partial charge in [-0.25, -0.2) is 0 Å². The molecule has 20 heavy (non-hydrogen) atoms. The van der Waals surface area contributed by atoms with Crippen molar-refractivity contribution in [1.82, 2.24) is 4.90 Å². The Morgan fingerprint density at radius 1 is 1.05 bits per heavy atom. The summed E-state index contributed by atoms with van der Waals surface area (Å²) in [5.74, 6) is 0.116. The molecule has 4 heteroatoms. The van der Waals surface area contributed by atoms with Crippen molar-refractivity contribution in [3.8, 4) is 0 Å². The summed E-state index contributed by atoms with van der Waals surface area (Å²) in [5, 5.41) is 0.899. The summed E-state index contributed by atoms with van der Waals surface area (Å²) < 4.78 is 0. The lowest BCUT2D eigenvalue weighted by molar-refractivity contribution is -0.145. The molecule has 0 N–H and O–H groups in total. The van der Waals surface area contributed by atoms with Crippen molar-refractivity contribution in [2.24, 2.45) is 22.7 Å². The van der Waals surface area contributed by atoms with E-state index < -0.39 is 0 Å². The fourth-order valence-corrected chi connectivity index (χ4v) is 5.05. The van der Waals surface area contributed by atoms with Gasteiger partial charge >= 0.3 is 0 Å². The number of likely N-dealkylation sites (tertiary alicyclic amines) is 1. The molecular formula is C16H24BrNO2. The van der Waals surface area contributed by atoms with E-state index in [4.69, 9.17) is 0 Å². The first kappa shape index (κ1) is 14.6. The van der Waals surface area contributed by atoms with Gasteiger partial charge in [-0.1, -0.05) is 55.5 Å². The minimum atomic E-state index is -0.0876. The monoisotopic (exact) mass is 341 g/mol. The van der Waals surface area contributed by atoms with Crippen LogP contribution in [0.5, 0.6) is 0 Å². The Hall–Kier alpha value is -0.380. The highest BCUT2D eigenvalue weighted by Gasteiger charge is 2.72. The Morgan fingerprint density at radius 2 is 1.55 bits per heavy atom. The zero-order chi connectivity index (χ0) is 14.5. The van der Waals surface area contributed by atoms with Crippen molar-refractivity contribution in [3.63, 3.8) is 0 Å². The number of imide groups is 1. The SMILES string of the molecule is CC1(C)C2C(=O)N(CC3(CBr)CCCCCC3)C(=O)C21. The van der Waals surface area contributed by atoms with Gasteiger partial charge in [0.15, 0.2) is 0 Å². The summed E-state index contributed by atoms with van der Waals surface area (Å²) >= 11 is 3.65. The first-order chi connectivity index (χ1) is 9.43. The number of amides is 2. The molecule has 2 amide bonds. The maximum atomic E-state index is 12.5. The number of carbonyl (C=O) groups is 2. The number of carbonyl (C=O) groups excluding carboxylic acids is 2. The molecule has 2 saturated carbocycles. The summed E-state index contributed by atoms with van der Waals surface area (Å²) in [6.45, 7) is 4.72. The predicted octanol–water partition coefficient (Wildman–Crippen LogP) is 3.36. The second-order valence-electron chi connectivity index (χ2n) is 7.59. The molecule has 0 aromatic rings. The van der Waals surface area contributed by atoms with Gasteiger partial charge in [0.05, 0.1) is 11.8 Å². The first-order valence-electron chi connectivity index (χ1n) is 7.84. The van der Waals surface area contributed by atoms with Crippen LogP contribution in [0.25, 0.3) is 0 Å². The molecule has 112 valence electrons. The number of nitrogens with zero attached hydrogens (tertiary/aromatic N) is 1. The number of hydrogen-bond acceptors (Lipinski definition) is 2. The second kappa shape index (κ2) is 4.82. The van der Waals surface area contributed by atoms with Gasteiger partial charge in [0.1, 0.15) is 0 Å². The number of piperidine rings is 1. The molecule has 2 unspecified atom stereocenters. The van der Waals surface area contributed by atoms with Crippen LogP contribution in [0.3, 0.4) is 0 Å². The number of hydrogen-bond donors (Lipinski definition) is 0. The van der Waals surface area contributed by atoms with Crippen LogP contribution in [0.1, 0.15) is 52.4 Å². The van der Waals surface area contributed by atoms with E-state index in [1.807, 2.05) is 13.8 Å². The topological polar surface area (TPSA) is 37.4 Å². The third-order valence-electron chi connectivity index (χ3n) is 5.83. The van der Waals surface area contributed by atoms with E-state index in [9.17, 15) is 9.59 Å². The van der Waals surface area contributed by atoms with Crippen molar-refractivity contribution in [2.45, 2.75) is 52.4 Å². The van der Waals surface area contributed by atoms with Gasteiger partial charge in [-0.3, -0.25) is 14.5 Å². The molecule has 3 fully saturated rings. The van der Waals surface area contributed by atoms with Crippen LogP contribution in [0.2, 0.25) is 0 Å². The van der Waals surface area contributed by atoms with Gasteiger partial charge in [0.2, 0.25) is 11.8 Å². The third-order valence-corrected chi connectivity index (χ3v) is 7.02. The molecule has 2 aliphatic carbocycles. The van der Waals surface area contributed by atoms with Gasteiger partial charge in [0.25, 0.3) is 0 Å². The predicted molar refractivity (Wildman–Crippen MR) is 81.4 cm³/mol. The average molecular weight is 342 g/mol. The van der Waals surface area contributed by atoms with Crippen LogP contribution in [0.15, 0.2) is 0 Å². The van der Waals surface area contributed by atoms with E-state index >= 15 is 0 Å². The molecule has 1 heterocycles.